The zero-order valence-corrected chi connectivity index (χ0v) is 18.5. The second-order valence-corrected chi connectivity index (χ2v) is 8.28. The maximum atomic E-state index is 13.0. The van der Waals surface area contributed by atoms with Gasteiger partial charge in [0.15, 0.2) is 0 Å². The van der Waals surface area contributed by atoms with Crippen molar-refractivity contribution in [2.75, 3.05) is 26.2 Å². The molecule has 7 nitrogen and oxygen atoms in total. The number of nitrogens with zero attached hydrogens (tertiary/aromatic N) is 5. The van der Waals surface area contributed by atoms with E-state index < -0.39 is 0 Å². The number of hydrogen-bond acceptors (Lipinski definition) is 6. The van der Waals surface area contributed by atoms with Gasteiger partial charge in [-0.3, -0.25) is 14.7 Å². The van der Waals surface area contributed by atoms with E-state index in [1.165, 1.54) is 11.1 Å². The van der Waals surface area contributed by atoms with E-state index in [0.717, 1.165) is 43.9 Å². The zero-order chi connectivity index (χ0) is 22.6. The molecule has 0 unspecified atom stereocenters. The predicted octanol–water partition coefficient (Wildman–Crippen LogP) is 4.07. The first-order valence-corrected chi connectivity index (χ1v) is 11.1. The fourth-order valence-corrected chi connectivity index (χ4v) is 3.95. The molecule has 5 rings (SSSR count). The highest BCUT2D eigenvalue weighted by Crippen LogP contribution is 2.24. The Balaban J connectivity index is 1.20. The van der Waals surface area contributed by atoms with Crippen LogP contribution < -0.4 is 0 Å². The third kappa shape index (κ3) is 4.83. The second kappa shape index (κ2) is 9.34. The third-order valence-electron chi connectivity index (χ3n) is 5.92. The van der Waals surface area contributed by atoms with Gasteiger partial charge in [-0.05, 0) is 61.0 Å². The summed E-state index contributed by atoms with van der Waals surface area (Å²) >= 11 is 0. The lowest BCUT2D eigenvalue weighted by Gasteiger charge is -2.34. The fraction of sp³-hybridized carbons (Fsp3) is 0.231. The Labute approximate surface area is 192 Å². The fourth-order valence-electron chi connectivity index (χ4n) is 3.95. The molecule has 1 aliphatic rings. The number of benzene rings is 2. The molecule has 0 radical (unpaired) electrons. The number of carbonyl (C=O) groups is 1. The van der Waals surface area contributed by atoms with Gasteiger partial charge in [-0.25, -0.2) is 0 Å². The van der Waals surface area contributed by atoms with Crippen molar-refractivity contribution in [3.05, 3.63) is 89.7 Å². The summed E-state index contributed by atoms with van der Waals surface area (Å²) in [5.41, 5.74) is 4.76. The normalized spacial score (nSPS) is 14.4. The maximum absolute atomic E-state index is 13.0. The van der Waals surface area contributed by atoms with Gasteiger partial charge in [0.1, 0.15) is 0 Å². The van der Waals surface area contributed by atoms with Crippen LogP contribution in [0.3, 0.4) is 0 Å². The van der Waals surface area contributed by atoms with E-state index in [9.17, 15) is 4.79 Å². The van der Waals surface area contributed by atoms with Crippen molar-refractivity contribution in [2.24, 2.45) is 0 Å². The standard InChI is InChI=1S/C26H25N5O2/c1-19-2-4-21(5-3-19)24-28-29-25(33-24)22-6-8-23(9-7-22)26(32)31-16-14-30(15-17-31)18-20-10-12-27-13-11-20/h2-13H,14-18H2,1H3. The number of amides is 1. The number of piperazine rings is 1. The quantitative estimate of drug-likeness (QED) is 0.467. The Morgan fingerprint density at radius 2 is 1.39 bits per heavy atom. The van der Waals surface area contributed by atoms with Crippen LogP contribution >= 0.6 is 0 Å². The van der Waals surface area contributed by atoms with Gasteiger partial charge >= 0.3 is 0 Å². The topological polar surface area (TPSA) is 75.4 Å². The lowest BCUT2D eigenvalue weighted by Crippen LogP contribution is -2.48. The first-order chi connectivity index (χ1) is 16.2. The molecular formula is C26H25N5O2. The highest BCUT2D eigenvalue weighted by Gasteiger charge is 2.22. The van der Waals surface area contributed by atoms with Crippen LogP contribution in [0.2, 0.25) is 0 Å². The smallest absolute Gasteiger partial charge is 0.253 e. The van der Waals surface area contributed by atoms with Crippen LogP contribution in [-0.2, 0) is 6.54 Å². The van der Waals surface area contributed by atoms with E-state index in [1.807, 2.05) is 84.9 Å². The molecule has 0 atom stereocenters. The van der Waals surface area contributed by atoms with Gasteiger partial charge in [0.25, 0.3) is 5.91 Å². The monoisotopic (exact) mass is 439 g/mol. The molecule has 2 aromatic heterocycles. The van der Waals surface area contributed by atoms with Crippen molar-refractivity contribution in [3.63, 3.8) is 0 Å². The Morgan fingerprint density at radius 1 is 0.818 bits per heavy atom. The van der Waals surface area contributed by atoms with E-state index in [1.54, 1.807) is 0 Å². The Hall–Kier alpha value is -3.84. The van der Waals surface area contributed by atoms with Gasteiger partial charge in [-0.1, -0.05) is 17.7 Å². The van der Waals surface area contributed by atoms with Crippen molar-refractivity contribution >= 4 is 5.91 Å². The van der Waals surface area contributed by atoms with Crippen LogP contribution in [0.25, 0.3) is 22.9 Å². The summed E-state index contributed by atoms with van der Waals surface area (Å²) in [5.74, 6) is 0.972. The summed E-state index contributed by atoms with van der Waals surface area (Å²) in [5, 5.41) is 8.33. The van der Waals surface area contributed by atoms with Crippen molar-refractivity contribution in [1.29, 1.82) is 0 Å². The average molecular weight is 440 g/mol. The van der Waals surface area contributed by atoms with Gasteiger partial charge in [0, 0.05) is 61.8 Å². The molecule has 1 saturated heterocycles. The number of aromatic nitrogens is 3. The number of rotatable bonds is 5. The Morgan fingerprint density at radius 3 is 2.00 bits per heavy atom. The summed E-state index contributed by atoms with van der Waals surface area (Å²) in [4.78, 5) is 21.3. The SMILES string of the molecule is Cc1ccc(-c2nnc(-c3ccc(C(=O)N4CCN(Cc5ccncc5)CC4)cc3)o2)cc1. The van der Waals surface area contributed by atoms with Crippen LogP contribution in [0.15, 0.2) is 77.5 Å². The first-order valence-electron chi connectivity index (χ1n) is 11.1. The molecule has 1 fully saturated rings. The van der Waals surface area contributed by atoms with Crippen molar-refractivity contribution in [1.82, 2.24) is 25.0 Å². The molecule has 0 bridgehead atoms. The number of carbonyl (C=O) groups excluding carboxylic acids is 1. The van der Waals surface area contributed by atoms with Crippen LogP contribution in [0.1, 0.15) is 21.5 Å². The maximum Gasteiger partial charge on any atom is 0.253 e. The minimum absolute atomic E-state index is 0.0518. The van der Waals surface area contributed by atoms with Crippen molar-refractivity contribution < 1.29 is 9.21 Å². The van der Waals surface area contributed by atoms with Crippen molar-refractivity contribution in [3.8, 4) is 22.9 Å². The van der Waals surface area contributed by atoms with E-state index >= 15 is 0 Å². The molecule has 1 aliphatic heterocycles. The molecular weight excluding hydrogens is 414 g/mol. The van der Waals surface area contributed by atoms with Gasteiger partial charge in [0.2, 0.25) is 11.8 Å². The Bertz CT molecular complexity index is 1210. The van der Waals surface area contributed by atoms with Gasteiger partial charge < -0.3 is 9.32 Å². The minimum Gasteiger partial charge on any atom is -0.416 e. The molecule has 33 heavy (non-hydrogen) atoms. The van der Waals surface area contributed by atoms with Crippen molar-refractivity contribution in [2.45, 2.75) is 13.5 Å². The van der Waals surface area contributed by atoms with Crippen LogP contribution in [0, 0.1) is 6.92 Å². The molecule has 4 aromatic rings. The number of pyridine rings is 1. The van der Waals surface area contributed by atoms with E-state index in [4.69, 9.17) is 4.42 Å². The highest BCUT2D eigenvalue weighted by atomic mass is 16.4. The van der Waals surface area contributed by atoms with Crippen LogP contribution in [0.5, 0.6) is 0 Å². The van der Waals surface area contributed by atoms with E-state index in [0.29, 0.717) is 17.3 Å². The summed E-state index contributed by atoms with van der Waals surface area (Å²) in [6.45, 7) is 6.07. The number of aryl methyl sites for hydroxylation is 1. The molecule has 0 aliphatic carbocycles. The van der Waals surface area contributed by atoms with Gasteiger partial charge in [-0.15, -0.1) is 10.2 Å². The lowest BCUT2D eigenvalue weighted by molar-refractivity contribution is 0.0628. The Kier molecular flexibility index (Phi) is 5.95. The molecule has 0 saturated carbocycles. The molecule has 0 spiro atoms. The van der Waals surface area contributed by atoms with Crippen LogP contribution in [-0.4, -0.2) is 57.1 Å². The average Bonchev–Trinajstić information content (AvgIpc) is 3.36. The summed E-state index contributed by atoms with van der Waals surface area (Å²) in [6, 6.07) is 19.4. The number of hydrogen-bond donors (Lipinski definition) is 0. The zero-order valence-electron chi connectivity index (χ0n) is 18.5. The molecule has 1 amide bonds. The lowest BCUT2D eigenvalue weighted by atomic mass is 10.1. The van der Waals surface area contributed by atoms with Gasteiger partial charge in [-0.2, -0.15) is 0 Å². The summed E-state index contributed by atoms with van der Waals surface area (Å²) < 4.78 is 5.85. The molecule has 0 N–H and O–H groups in total. The summed E-state index contributed by atoms with van der Waals surface area (Å²) in [7, 11) is 0. The predicted molar refractivity (Wildman–Crippen MR) is 125 cm³/mol. The molecule has 166 valence electrons. The minimum atomic E-state index is 0.0518. The van der Waals surface area contributed by atoms with Crippen LogP contribution in [0.4, 0.5) is 0 Å². The van der Waals surface area contributed by atoms with E-state index in [-0.39, 0.29) is 5.91 Å². The highest BCUT2D eigenvalue weighted by molar-refractivity contribution is 5.94. The second-order valence-electron chi connectivity index (χ2n) is 8.28. The molecule has 2 aromatic carbocycles. The summed E-state index contributed by atoms with van der Waals surface area (Å²) in [6.07, 6.45) is 3.63. The van der Waals surface area contributed by atoms with E-state index in [2.05, 4.69) is 20.1 Å². The molecule has 7 heteroatoms. The third-order valence-corrected chi connectivity index (χ3v) is 5.92. The largest absolute Gasteiger partial charge is 0.416 e. The van der Waals surface area contributed by atoms with Gasteiger partial charge in [0.05, 0.1) is 0 Å². The molecule has 3 heterocycles. The first kappa shape index (κ1) is 21.0.